The van der Waals surface area contributed by atoms with Gasteiger partial charge in [-0.05, 0) is 41.8 Å². The van der Waals surface area contributed by atoms with Gasteiger partial charge in [-0.15, -0.1) is 11.3 Å². The number of benzene rings is 1. The second-order valence-corrected chi connectivity index (χ2v) is 8.48. The van der Waals surface area contributed by atoms with Crippen LogP contribution in [0.3, 0.4) is 0 Å². The van der Waals surface area contributed by atoms with E-state index in [2.05, 4.69) is 4.98 Å². The Labute approximate surface area is 178 Å². The molecule has 0 saturated carbocycles. The van der Waals surface area contributed by atoms with Crippen LogP contribution in [0.25, 0.3) is 10.2 Å². The van der Waals surface area contributed by atoms with Gasteiger partial charge in [-0.25, -0.2) is 4.98 Å². The summed E-state index contributed by atoms with van der Waals surface area (Å²) < 4.78 is 11.3. The Morgan fingerprint density at radius 2 is 2.13 bits per heavy atom. The van der Waals surface area contributed by atoms with Crippen molar-refractivity contribution in [3.05, 3.63) is 76.1 Å². The monoisotopic (exact) mass is 438 g/mol. The van der Waals surface area contributed by atoms with Gasteiger partial charge in [-0.1, -0.05) is 17.4 Å². The number of carbonyl (C=O) groups excluding carboxylic acids is 2. The van der Waals surface area contributed by atoms with Gasteiger partial charge in [0.05, 0.1) is 29.2 Å². The number of thiazole rings is 1. The smallest absolute Gasteiger partial charge is 0.296 e. The highest BCUT2D eigenvalue weighted by Crippen LogP contribution is 2.45. The van der Waals surface area contributed by atoms with Gasteiger partial charge >= 0.3 is 0 Å². The van der Waals surface area contributed by atoms with Crippen molar-refractivity contribution in [1.29, 1.82) is 0 Å². The van der Waals surface area contributed by atoms with Gasteiger partial charge in [-0.3, -0.25) is 14.5 Å². The van der Waals surface area contributed by atoms with Gasteiger partial charge in [0, 0.05) is 4.88 Å². The van der Waals surface area contributed by atoms with Crippen molar-refractivity contribution in [2.24, 2.45) is 0 Å². The zero-order chi connectivity index (χ0) is 20.8. The average Bonchev–Trinajstić information content (AvgIpc) is 3.54. The van der Waals surface area contributed by atoms with Gasteiger partial charge in [0.25, 0.3) is 5.91 Å². The fourth-order valence-corrected chi connectivity index (χ4v) is 5.26. The Bertz CT molecular complexity index is 1290. The second kappa shape index (κ2) is 7.12. The standard InChI is InChI=1S/C21H14N2O5S2/c1-27-11-6-7-12-15(10-11)30-21(22-12)23-17(14-5-3-9-29-14)16(19(25)20(23)26)18(24)13-4-2-8-28-13/h2-10,17,25H,1H3. The van der Waals surface area contributed by atoms with E-state index in [1.54, 1.807) is 25.3 Å². The van der Waals surface area contributed by atoms with Crippen LogP contribution < -0.4 is 9.64 Å². The van der Waals surface area contributed by atoms with E-state index in [0.717, 1.165) is 9.58 Å². The first-order valence-corrected chi connectivity index (χ1v) is 10.6. The lowest BCUT2D eigenvalue weighted by Gasteiger charge is -2.22. The van der Waals surface area contributed by atoms with E-state index >= 15 is 0 Å². The van der Waals surface area contributed by atoms with Crippen LogP contribution in [-0.2, 0) is 4.79 Å². The summed E-state index contributed by atoms with van der Waals surface area (Å²) in [7, 11) is 1.58. The molecule has 0 saturated heterocycles. The molecule has 3 aromatic heterocycles. The molecule has 1 aliphatic rings. The zero-order valence-corrected chi connectivity index (χ0v) is 17.2. The molecule has 0 aliphatic carbocycles. The third-order valence-corrected chi connectivity index (χ3v) is 6.74. The highest BCUT2D eigenvalue weighted by atomic mass is 32.1. The van der Waals surface area contributed by atoms with E-state index in [4.69, 9.17) is 9.15 Å². The summed E-state index contributed by atoms with van der Waals surface area (Å²) in [6.45, 7) is 0. The van der Waals surface area contributed by atoms with Gasteiger partial charge in [-0.2, -0.15) is 0 Å². The molecule has 30 heavy (non-hydrogen) atoms. The number of thiophene rings is 1. The molecule has 0 radical (unpaired) electrons. The molecule has 0 fully saturated rings. The second-order valence-electron chi connectivity index (χ2n) is 6.49. The maximum absolute atomic E-state index is 13.1. The third kappa shape index (κ3) is 2.82. The Balaban J connectivity index is 1.65. The molecular weight excluding hydrogens is 424 g/mol. The lowest BCUT2D eigenvalue weighted by Crippen LogP contribution is -2.30. The molecule has 0 bridgehead atoms. The molecule has 1 atom stereocenters. The predicted molar refractivity (Wildman–Crippen MR) is 113 cm³/mol. The molecule has 9 heteroatoms. The van der Waals surface area contributed by atoms with Crippen LogP contribution in [0.1, 0.15) is 21.5 Å². The number of aromatic nitrogens is 1. The number of furan rings is 1. The van der Waals surface area contributed by atoms with E-state index in [1.165, 1.54) is 39.9 Å². The van der Waals surface area contributed by atoms with Crippen molar-refractivity contribution in [1.82, 2.24) is 4.98 Å². The number of fused-ring (bicyclic) bond motifs is 1. The SMILES string of the molecule is COc1ccc2nc(N3C(=O)C(O)=C(C(=O)c4ccco4)C3c3cccs3)sc2c1. The first-order chi connectivity index (χ1) is 14.6. The average molecular weight is 438 g/mol. The molecule has 4 heterocycles. The van der Waals surface area contributed by atoms with Crippen molar-refractivity contribution in [3.8, 4) is 5.75 Å². The molecule has 1 N–H and O–H groups in total. The number of anilines is 1. The largest absolute Gasteiger partial charge is 0.503 e. The fourth-order valence-electron chi connectivity index (χ4n) is 3.41. The number of nitrogens with zero attached hydrogens (tertiary/aromatic N) is 2. The van der Waals surface area contributed by atoms with Gasteiger partial charge in [0.2, 0.25) is 5.78 Å². The molecule has 1 unspecified atom stereocenters. The molecule has 1 amide bonds. The number of aliphatic hydroxyl groups excluding tert-OH is 1. The number of Topliss-reactive ketones (excluding diaryl/α,β-unsaturated/α-hetero) is 1. The molecule has 150 valence electrons. The maximum atomic E-state index is 13.1. The third-order valence-electron chi connectivity index (χ3n) is 4.80. The Morgan fingerprint density at radius 1 is 1.27 bits per heavy atom. The highest BCUT2D eigenvalue weighted by molar-refractivity contribution is 7.22. The number of rotatable bonds is 5. The van der Waals surface area contributed by atoms with Crippen LogP contribution >= 0.6 is 22.7 Å². The quantitative estimate of drug-likeness (QED) is 0.452. The van der Waals surface area contributed by atoms with Crippen molar-refractivity contribution >= 4 is 49.7 Å². The number of ketones is 1. The number of methoxy groups -OCH3 is 1. The predicted octanol–water partition coefficient (Wildman–Crippen LogP) is 4.74. The Morgan fingerprint density at radius 3 is 2.83 bits per heavy atom. The van der Waals surface area contributed by atoms with Crippen molar-refractivity contribution in [3.63, 3.8) is 0 Å². The zero-order valence-electron chi connectivity index (χ0n) is 15.6. The van der Waals surface area contributed by atoms with E-state index in [9.17, 15) is 14.7 Å². The minimum absolute atomic E-state index is 0.0192. The molecule has 0 spiro atoms. The highest BCUT2D eigenvalue weighted by Gasteiger charge is 2.46. The number of carbonyl (C=O) groups is 2. The van der Waals surface area contributed by atoms with Crippen LogP contribution in [0.4, 0.5) is 5.13 Å². The summed E-state index contributed by atoms with van der Waals surface area (Å²) in [5.41, 5.74) is 0.674. The number of aliphatic hydroxyl groups is 1. The molecule has 7 nitrogen and oxygen atoms in total. The maximum Gasteiger partial charge on any atom is 0.296 e. The minimum Gasteiger partial charge on any atom is -0.503 e. The Kier molecular flexibility index (Phi) is 4.41. The van der Waals surface area contributed by atoms with Crippen molar-refractivity contribution in [2.75, 3.05) is 12.0 Å². The fraction of sp³-hybridized carbons (Fsp3) is 0.0952. The van der Waals surface area contributed by atoms with Crippen LogP contribution in [0, 0.1) is 0 Å². The van der Waals surface area contributed by atoms with E-state index in [1.807, 2.05) is 23.6 Å². The van der Waals surface area contributed by atoms with Crippen LogP contribution in [0.5, 0.6) is 5.75 Å². The summed E-state index contributed by atoms with van der Waals surface area (Å²) in [4.78, 5) is 32.8. The topological polar surface area (TPSA) is 92.9 Å². The number of ether oxygens (including phenoxy) is 1. The van der Waals surface area contributed by atoms with Crippen LogP contribution in [-0.4, -0.2) is 28.9 Å². The summed E-state index contributed by atoms with van der Waals surface area (Å²) in [6.07, 6.45) is 1.38. The molecule has 1 aliphatic heterocycles. The van der Waals surface area contributed by atoms with Crippen LogP contribution in [0.15, 0.2) is 69.9 Å². The lowest BCUT2D eigenvalue weighted by atomic mass is 10.0. The minimum atomic E-state index is -0.794. The molecule has 5 rings (SSSR count). The lowest BCUT2D eigenvalue weighted by molar-refractivity contribution is -0.117. The van der Waals surface area contributed by atoms with Gasteiger partial charge in [0.15, 0.2) is 16.7 Å². The van der Waals surface area contributed by atoms with Crippen LogP contribution in [0.2, 0.25) is 0 Å². The van der Waals surface area contributed by atoms with Crippen molar-refractivity contribution < 1.29 is 23.8 Å². The summed E-state index contributed by atoms with van der Waals surface area (Å²) in [5.74, 6) is -1.06. The number of amides is 1. The summed E-state index contributed by atoms with van der Waals surface area (Å²) in [6, 6.07) is 11.4. The summed E-state index contributed by atoms with van der Waals surface area (Å²) >= 11 is 2.68. The molecular formula is C21H14N2O5S2. The van der Waals surface area contributed by atoms with E-state index in [0.29, 0.717) is 16.4 Å². The summed E-state index contributed by atoms with van der Waals surface area (Å²) in [5, 5.41) is 12.9. The Hall–Kier alpha value is -3.43. The molecule has 1 aromatic carbocycles. The van der Waals surface area contributed by atoms with E-state index in [-0.39, 0.29) is 11.3 Å². The normalized spacial score (nSPS) is 16.6. The number of hydrogen-bond donors (Lipinski definition) is 1. The number of hydrogen-bond acceptors (Lipinski definition) is 8. The van der Waals surface area contributed by atoms with Crippen molar-refractivity contribution in [2.45, 2.75) is 6.04 Å². The van der Waals surface area contributed by atoms with Gasteiger partial charge in [0.1, 0.15) is 11.8 Å². The molecule has 4 aromatic rings. The first-order valence-electron chi connectivity index (χ1n) is 8.91. The van der Waals surface area contributed by atoms with E-state index < -0.39 is 23.5 Å². The van der Waals surface area contributed by atoms with Gasteiger partial charge < -0.3 is 14.3 Å². The first kappa shape index (κ1) is 18.6.